The Morgan fingerprint density at radius 1 is 0.750 bits per heavy atom. The van der Waals surface area contributed by atoms with E-state index in [9.17, 15) is 0 Å². The van der Waals surface area contributed by atoms with E-state index in [1.165, 1.54) is 0 Å². The minimum atomic E-state index is 0. The fourth-order valence-electron chi connectivity index (χ4n) is 0. The largest absolute Gasteiger partial charge is 0.412 e. The summed E-state index contributed by atoms with van der Waals surface area (Å²) in [5.41, 5.74) is 0. The third-order valence-corrected chi connectivity index (χ3v) is 0. The van der Waals surface area contributed by atoms with E-state index in [1.54, 1.807) is 0 Å². The summed E-state index contributed by atoms with van der Waals surface area (Å²) < 4.78 is 0. The molecule has 4 heavy (non-hydrogen) atoms. The normalized spacial score (nSPS) is 0. The first-order chi connectivity index (χ1) is 0. The Morgan fingerprint density at radius 2 is 0.750 bits per heavy atom. The van der Waals surface area contributed by atoms with Crippen LogP contribution in [0.2, 0.25) is 0 Å². The zero-order chi connectivity index (χ0) is 0. The van der Waals surface area contributed by atoms with Crippen molar-refractivity contribution in [2.45, 2.75) is 0 Å². The van der Waals surface area contributed by atoms with Gasteiger partial charge in [-0.25, -0.2) is 0 Å². The van der Waals surface area contributed by atoms with Gasteiger partial charge in [0.05, 0.1) is 0 Å². The monoisotopic (exact) mass is 92.0 g/mol. The standard InChI is InChI=1S/Ar.2H3N.H2O/h;2*1H3;1H2. The van der Waals surface area contributed by atoms with Crippen molar-refractivity contribution in [2.75, 3.05) is 0 Å². The van der Waals surface area contributed by atoms with Gasteiger partial charge in [0.15, 0.2) is 0 Å². The van der Waals surface area contributed by atoms with Crippen molar-refractivity contribution in [3.05, 3.63) is 0 Å². The molecule has 0 saturated carbocycles. The number of rotatable bonds is 0. The summed E-state index contributed by atoms with van der Waals surface area (Å²) in [4.78, 5) is 0. The predicted octanol–water partition coefficient (Wildman–Crippen LogP) is -0.501. The smallest absolute Gasteiger partial charge is 0 e. The van der Waals surface area contributed by atoms with E-state index in [4.69, 9.17) is 0 Å². The summed E-state index contributed by atoms with van der Waals surface area (Å²) in [6, 6.07) is 0. The molecule has 0 atom stereocenters. The molecule has 0 radical (unpaired) electrons. The van der Waals surface area contributed by atoms with Gasteiger partial charge in [-0.15, -0.1) is 0 Å². The van der Waals surface area contributed by atoms with Crippen LogP contribution in [0.5, 0.6) is 0 Å². The molecule has 0 aliphatic heterocycles. The molecule has 4 heteroatoms. The van der Waals surface area contributed by atoms with Gasteiger partial charge in [-0.2, -0.15) is 0 Å². The van der Waals surface area contributed by atoms with Gasteiger partial charge in [-0.3, -0.25) is 0 Å². The first-order valence-corrected chi connectivity index (χ1v) is 0. The number of hydrogen-bond acceptors (Lipinski definition) is 2. The average Bonchev–Trinajstić information content (AvgIpc) is 0. The molecule has 0 aromatic carbocycles. The molecule has 0 fully saturated rings. The van der Waals surface area contributed by atoms with Gasteiger partial charge in [-0.1, -0.05) is 0 Å². The third-order valence-electron chi connectivity index (χ3n) is 0. The Bertz CT molecular complexity index is 6.00. The molecule has 8 N–H and O–H groups in total. The van der Waals surface area contributed by atoms with Crippen LogP contribution in [0.15, 0.2) is 0 Å². The zero-order valence-electron chi connectivity index (χ0n) is 2.27. The maximum atomic E-state index is 0. The molecule has 0 unspecified atom stereocenters. The van der Waals surface area contributed by atoms with E-state index in [0.717, 1.165) is 0 Å². The second-order valence-corrected chi connectivity index (χ2v) is 0. The Hall–Kier alpha value is 1.14. The Kier molecular flexibility index (Phi) is 533. The summed E-state index contributed by atoms with van der Waals surface area (Å²) in [5.74, 6) is 0. The minimum Gasteiger partial charge on any atom is -0.412 e. The Balaban J connectivity index is 0. The third kappa shape index (κ3) is 11.1. The molecule has 0 aromatic heterocycles. The van der Waals surface area contributed by atoms with E-state index in [0.29, 0.717) is 0 Å². The summed E-state index contributed by atoms with van der Waals surface area (Å²) in [6.45, 7) is 0. The van der Waals surface area contributed by atoms with E-state index in [1.807, 2.05) is 0 Å². The first kappa shape index (κ1) is 67.8. The van der Waals surface area contributed by atoms with Crippen LogP contribution in [-0.4, -0.2) is 5.48 Å². The quantitative estimate of drug-likeness (QED) is 0.420. The van der Waals surface area contributed by atoms with Crippen LogP contribution in [0.4, 0.5) is 0 Å². The van der Waals surface area contributed by atoms with Gasteiger partial charge < -0.3 is 17.8 Å². The van der Waals surface area contributed by atoms with Crippen LogP contribution < -0.4 is 12.3 Å². The van der Waals surface area contributed by atoms with Crippen LogP contribution in [0, 0.1) is 37.7 Å². The van der Waals surface area contributed by atoms with Crippen LogP contribution in [0.25, 0.3) is 0 Å². The molecule has 32 valence electrons. The van der Waals surface area contributed by atoms with Crippen molar-refractivity contribution >= 4 is 0 Å². The zero-order valence-corrected chi connectivity index (χ0v) is 2.97. The molecule has 0 aliphatic rings. The Morgan fingerprint density at radius 3 is 0.750 bits per heavy atom. The van der Waals surface area contributed by atoms with Crippen LogP contribution in [0.1, 0.15) is 0 Å². The van der Waals surface area contributed by atoms with Crippen LogP contribution in [0.3, 0.4) is 0 Å². The Labute approximate surface area is 55.2 Å². The van der Waals surface area contributed by atoms with E-state index in [-0.39, 0.29) is 55.5 Å². The minimum absolute atomic E-state index is 0. The molecule has 0 aliphatic carbocycles. The van der Waals surface area contributed by atoms with Gasteiger partial charge in [0.1, 0.15) is 0 Å². The molecule has 0 spiro atoms. The molecular weight excluding hydrogens is 84.0 g/mol. The topological polar surface area (TPSA) is 102 Å². The van der Waals surface area contributed by atoms with E-state index < -0.39 is 0 Å². The van der Waals surface area contributed by atoms with Crippen molar-refractivity contribution in [3.63, 3.8) is 0 Å². The van der Waals surface area contributed by atoms with Gasteiger partial charge in [0.2, 0.25) is 0 Å². The van der Waals surface area contributed by atoms with Crippen LogP contribution in [-0.2, 0) is 0 Å². The molecule has 0 aromatic rings. The second-order valence-electron chi connectivity index (χ2n) is 0. The number of hydrogen-bond donors (Lipinski definition) is 2. The van der Waals surface area contributed by atoms with Crippen molar-refractivity contribution < 1.29 is 43.2 Å². The first-order valence-electron chi connectivity index (χ1n) is 0. The van der Waals surface area contributed by atoms with Crippen molar-refractivity contribution in [1.82, 2.24) is 12.3 Å². The summed E-state index contributed by atoms with van der Waals surface area (Å²) in [7, 11) is 0. The maximum Gasteiger partial charge on any atom is 0 e. The predicted molar refractivity (Wildman–Crippen MR) is 13.7 cm³/mol. The van der Waals surface area contributed by atoms with Gasteiger partial charge in [0, 0.05) is 37.7 Å². The summed E-state index contributed by atoms with van der Waals surface area (Å²) in [6.07, 6.45) is 0. The van der Waals surface area contributed by atoms with E-state index in [2.05, 4.69) is 0 Å². The maximum absolute atomic E-state index is 0. The second kappa shape index (κ2) is 31.4. The molecule has 0 amide bonds. The molecule has 3 nitrogen and oxygen atoms in total. The van der Waals surface area contributed by atoms with Crippen LogP contribution >= 0.6 is 0 Å². The fourth-order valence-corrected chi connectivity index (χ4v) is 0. The van der Waals surface area contributed by atoms with Gasteiger partial charge >= 0.3 is 0 Å². The summed E-state index contributed by atoms with van der Waals surface area (Å²) in [5, 5.41) is 0. The molecule has 0 saturated heterocycles. The van der Waals surface area contributed by atoms with Gasteiger partial charge in [-0.05, 0) is 0 Å². The summed E-state index contributed by atoms with van der Waals surface area (Å²) >= 11 is 0. The van der Waals surface area contributed by atoms with Crippen molar-refractivity contribution in [2.24, 2.45) is 0 Å². The molecule has 0 rings (SSSR count). The van der Waals surface area contributed by atoms with Crippen molar-refractivity contribution in [3.8, 4) is 0 Å². The molecule has 0 heterocycles. The molecular formula is H8ArN2O. The fraction of sp³-hybridized carbons (Fsp3) is 0. The van der Waals surface area contributed by atoms with Crippen molar-refractivity contribution in [1.29, 1.82) is 0 Å². The SMILES string of the molecule is N.N.O.[Ar]. The van der Waals surface area contributed by atoms with Gasteiger partial charge in [0.25, 0.3) is 0 Å². The molecule has 0 bridgehead atoms. The van der Waals surface area contributed by atoms with E-state index >= 15 is 0 Å². The average molecular weight is 92.0 g/mol.